The van der Waals surface area contributed by atoms with Crippen molar-refractivity contribution in [3.63, 3.8) is 0 Å². The summed E-state index contributed by atoms with van der Waals surface area (Å²) in [4.78, 5) is 14.3. The van der Waals surface area contributed by atoms with E-state index in [-0.39, 0.29) is 18.6 Å². The molecular weight excluding hydrogens is 264 g/mol. The molecule has 1 aliphatic rings. The molecule has 1 heterocycles. The Morgan fingerprint density at radius 1 is 1.52 bits per heavy atom. The van der Waals surface area contributed by atoms with Crippen LogP contribution in [0.3, 0.4) is 0 Å². The fourth-order valence-corrected chi connectivity index (χ4v) is 2.48. The summed E-state index contributed by atoms with van der Waals surface area (Å²) in [6, 6.07) is 5.70. The van der Waals surface area contributed by atoms with Crippen LogP contribution in [-0.4, -0.2) is 43.7 Å². The molecule has 2 rings (SSSR count). The minimum atomic E-state index is -0.0215. The summed E-state index contributed by atoms with van der Waals surface area (Å²) < 4.78 is 5.59. The molecule has 1 atom stereocenters. The number of hydrogen-bond acceptors (Lipinski definition) is 3. The molecule has 0 radical (unpaired) electrons. The molecule has 4 nitrogen and oxygen atoms in total. The van der Waals surface area contributed by atoms with E-state index in [1.807, 2.05) is 32.2 Å². The fourth-order valence-electron chi connectivity index (χ4n) is 2.48. The van der Waals surface area contributed by atoms with Gasteiger partial charge in [0.25, 0.3) is 5.91 Å². The maximum Gasteiger partial charge on any atom is 0.254 e. The van der Waals surface area contributed by atoms with Gasteiger partial charge in [-0.05, 0) is 37.5 Å². The van der Waals surface area contributed by atoms with Crippen molar-refractivity contribution in [2.75, 3.05) is 26.7 Å². The second-order valence-electron chi connectivity index (χ2n) is 5.38. The van der Waals surface area contributed by atoms with Crippen LogP contribution in [0.15, 0.2) is 18.2 Å². The maximum atomic E-state index is 12.6. The van der Waals surface area contributed by atoms with Crippen molar-refractivity contribution in [3.8, 4) is 11.8 Å². The van der Waals surface area contributed by atoms with E-state index in [1.165, 1.54) is 0 Å². The van der Waals surface area contributed by atoms with E-state index < -0.39 is 0 Å². The molecule has 2 N–H and O–H groups in total. The van der Waals surface area contributed by atoms with E-state index in [1.54, 1.807) is 4.90 Å². The first-order valence-corrected chi connectivity index (χ1v) is 7.28. The molecular formula is C17H22N2O2. The van der Waals surface area contributed by atoms with Gasteiger partial charge in [0.05, 0.1) is 18.2 Å². The van der Waals surface area contributed by atoms with E-state index in [2.05, 4.69) is 11.8 Å². The molecule has 1 aromatic rings. The van der Waals surface area contributed by atoms with Gasteiger partial charge in [-0.25, -0.2) is 0 Å². The van der Waals surface area contributed by atoms with Gasteiger partial charge in [0.2, 0.25) is 0 Å². The molecule has 1 aliphatic heterocycles. The summed E-state index contributed by atoms with van der Waals surface area (Å²) >= 11 is 0. The summed E-state index contributed by atoms with van der Waals surface area (Å²) in [5.74, 6) is 5.79. The summed E-state index contributed by atoms with van der Waals surface area (Å²) in [5, 5.41) is 0. The Bertz CT molecular complexity index is 566. The molecule has 1 aromatic carbocycles. The molecule has 21 heavy (non-hydrogen) atoms. The van der Waals surface area contributed by atoms with Crippen LogP contribution in [-0.2, 0) is 4.74 Å². The summed E-state index contributed by atoms with van der Waals surface area (Å²) in [5.41, 5.74) is 7.87. The Kier molecular flexibility index (Phi) is 5.38. The zero-order valence-corrected chi connectivity index (χ0v) is 12.7. The lowest BCUT2D eigenvalue weighted by Gasteiger charge is -2.21. The highest BCUT2D eigenvalue weighted by molar-refractivity contribution is 5.96. The monoisotopic (exact) mass is 286 g/mol. The first-order chi connectivity index (χ1) is 10.1. The van der Waals surface area contributed by atoms with Crippen molar-refractivity contribution in [1.29, 1.82) is 0 Å². The van der Waals surface area contributed by atoms with E-state index >= 15 is 0 Å². The third-order valence-electron chi connectivity index (χ3n) is 3.58. The highest BCUT2D eigenvalue weighted by atomic mass is 16.5. The van der Waals surface area contributed by atoms with Gasteiger partial charge in [0, 0.05) is 25.8 Å². The summed E-state index contributed by atoms with van der Waals surface area (Å²) in [6.45, 7) is 3.69. The number of hydrogen-bond donors (Lipinski definition) is 1. The summed E-state index contributed by atoms with van der Waals surface area (Å²) in [7, 11) is 1.81. The lowest BCUT2D eigenvalue weighted by Crippen LogP contribution is -2.34. The zero-order valence-electron chi connectivity index (χ0n) is 12.7. The van der Waals surface area contributed by atoms with Crippen molar-refractivity contribution in [1.82, 2.24) is 4.90 Å². The first-order valence-electron chi connectivity index (χ1n) is 7.28. The van der Waals surface area contributed by atoms with Crippen molar-refractivity contribution < 1.29 is 9.53 Å². The standard InChI is InChI=1S/C17H22N2O2/c1-13-7-8-16(14(11-13)5-3-9-18)17(20)19(2)12-15-6-4-10-21-15/h7-8,11,15H,4,6,9-10,12,18H2,1-2H3. The molecule has 0 spiro atoms. The van der Waals surface area contributed by atoms with Crippen LogP contribution in [0.2, 0.25) is 0 Å². The van der Waals surface area contributed by atoms with E-state index in [9.17, 15) is 4.79 Å². The van der Waals surface area contributed by atoms with Crippen LogP contribution >= 0.6 is 0 Å². The van der Waals surface area contributed by atoms with Gasteiger partial charge in [-0.2, -0.15) is 0 Å². The lowest BCUT2D eigenvalue weighted by molar-refractivity contribution is 0.0587. The third kappa shape index (κ3) is 4.07. The number of nitrogens with two attached hydrogens (primary N) is 1. The first kappa shape index (κ1) is 15.6. The number of nitrogens with zero attached hydrogens (tertiary/aromatic N) is 1. The Morgan fingerprint density at radius 3 is 3.00 bits per heavy atom. The highest BCUT2D eigenvalue weighted by Gasteiger charge is 2.22. The minimum absolute atomic E-state index is 0.0215. The van der Waals surface area contributed by atoms with Gasteiger partial charge in [-0.1, -0.05) is 17.9 Å². The molecule has 1 fully saturated rings. The van der Waals surface area contributed by atoms with Crippen LogP contribution in [0.5, 0.6) is 0 Å². The van der Waals surface area contributed by atoms with Crippen molar-refractivity contribution >= 4 is 5.91 Å². The van der Waals surface area contributed by atoms with Gasteiger partial charge in [-0.15, -0.1) is 0 Å². The maximum absolute atomic E-state index is 12.6. The number of ether oxygens (including phenoxy) is 1. The van der Waals surface area contributed by atoms with Crippen LogP contribution in [0.25, 0.3) is 0 Å². The molecule has 0 aliphatic carbocycles. The van der Waals surface area contributed by atoms with Crippen LogP contribution in [0.4, 0.5) is 0 Å². The average molecular weight is 286 g/mol. The number of benzene rings is 1. The molecule has 112 valence electrons. The molecule has 0 saturated carbocycles. The third-order valence-corrected chi connectivity index (χ3v) is 3.58. The Labute approximate surface area is 126 Å². The van der Waals surface area contributed by atoms with Crippen LogP contribution in [0, 0.1) is 18.8 Å². The van der Waals surface area contributed by atoms with Crippen molar-refractivity contribution in [2.45, 2.75) is 25.9 Å². The Morgan fingerprint density at radius 2 is 2.33 bits per heavy atom. The molecule has 1 unspecified atom stereocenters. The minimum Gasteiger partial charge on any atom is -0.376 e. The number of rotatable bonds is 3. The Hall–Kier alpha value is -1.83. The molecule has 0 aromatic heterocycles. The van der Waals surface area contributed by atoms with Gasteiger partial charge in [-0.3, -0.25) is 4.79 Å². The fraction of sp³-hybridized carbons (Fsp3) is 0.471. The van der Waals surface area contributed by atoms with Crippen LogP contribution < -0.4 is 5.73 Å². The predicted octanol–water partition coefficient (Wildman–Crippen LogP) is 1.56. The largest absolute Gasteiger partial charge is 0.376 e. The smallest absolute Gasteiger partial charge is 0.254 e. The van der Waals surface area contributed by atoms with Crippen LogP contribution in [0.1, 0.15) is 34.3 Å². The average Bonchev–Trinajstić information content (AvgIpc) is 2.97. The van der Waals surface area contributed by atoms with Gasteiger partial charge >= 0.3 is 0 Å². The molecule has 1 saturated heterocycles. The number of likely N-dealkylation sites (N-methyl/N-ethyl adjacent to an activating group) is 1. The molecule has 0 bridgehead atoms. The zero-order chi connectivity index (χ0) is 15.2. The predicted molar refractivity (Wildman–Crippen MR) is 83.0 cm³/mol. The van der Waals surface area contributed by atoms with Crippen molar-refractivity contribution in [3.05, 3.63) is 34.9 Å². The number of amides is 1. The quantitative estimate of drug-likeness (QED) is 0.858. The number of carbonyl (C=O) groups excluding carboxylic acids is 1. The van der Waals surface area contributed by atoms with Gasteiger partial charge in [0.1, 0.15) is 0 Å². The van der Waals surface area contributed by atoms with E-state index in [0.717, 1.165) is 30.6 Å². The SMILES string of the molecule is Cc1ccc(C(=O)N(C)CC2CCCO2)c(C#CCN)c1. The Balaban J connectivity index is 2.17. The topological polar surface area (TPSA) is 55.6 Å². The highest BCUT2D eigenvalue weighted by Crippen LogP contribution is 2.16. The second-order valence-corrected chi connectivity index (χ2v) is 5.38. The second kappa shape index (κ2) is 7.26. The number of carbonyl (C=O) groups is 1. The summed E-state index contributed by atoms with van der Waals surface area (Å²) in [6.07, 6.45) is 2.25. The van der Waals surface area contributed by atoms with E-state index in [0.29, 0.717) is 12.1 Å². The van der Waals surface area contributed by atoms with Gasteiger partial charge < -0.3 is 15.4 Å². The molecule has 4 heteroatoms. The van der Waals surface area contributed by atoms with E-state index in [4.69, 9.17) is 10.5 Å². The van der Waals surface area contributed by atoms with Gasteiger partial charge in [0.15, 0.2) is 0 Å². The normalized spacial score (nSPS) is 17.2. The molecule has 1 amide bonds. The number of aryl methyl sites for hydroxylation is 1. The lowest BCUT2D eigenvalue weighted by atomic mass is 10.0. The van der Waals surface area contributed by atoms with Crippen molar-refractivity contribution in [2.24, 2.45) is 5.73 Å².